The molecule has 0 aliphatic rings. The van der Waals surface area contributed by atoms with Gasteiger partial charge in [-0.1, -0.05) is 30.3 Å². The van der Waals surface area contributed by atoms with E-state index in [0.29, 0.717) is 17.2 Å². The van der Waals surface area contributed by atoms with E-state index in [4.69, 9.17) is 14.2 Å². The molecule has 1 heterocycles. The van der Waals surface area contributed by atoms with Crippen molar-refractivity contribution in [3.05, 3.63) is 59.1 Å². The molecule has 0 aliphatic carbocycles. The van der Waals surface area contributed by atoms with Crippen molar-refractivity contribution in [2.45, 2.75) is 6.42 Å². The number of thiazole rings is 1. The Bertz CT molecular complexity index is 1020. The first kappa shape index (κ1) is 20.3. The number of nitrogens with one attached hydrogen (secondary N) is 1. The Balaban J connectivity index is 1.80. The fraction of sp³-hybridized carbons (Fsp3) is 0.190. The Kier molecular flexibility index (Phi) is 6.46. The average molecular weight is 412 g/mol. The summed E-state index contributed by atoms with van der Waals surface area (Å²) in [5, 5.41) is 5.43. The third-order valence-electron chi connectivity index (χ3n) is 4.12. The number of benzene rings is 2. The highest BCUT2D eigenvalue weighted by Gasteiger charge is 2.19. The number of carbonyl (C=O) groups excluding carboxylic acids is 2. The van der Waals surface area contributed by atoms with Gasteiger partial charge in [0, 0.05) is 23.1 Å². The maximum atomic E-state index is 12.6. The summed E-state index contributed by atoms with van der Waals surface area (Å²) in [5.74, 6) is -0.165. The Morgan fingerprint density at radius 2 is 1.72 bits per heavy atom. The molecule has 1 aromatic heterocycles. The van der Waals surface area contributed by atoms with Crippen molar-refractivity contribution >= 4 is 28.9 Å². The summed E-state index contributed by atoms with van der Waals surface area (Å²) >= 11 is 1.47. The summed E-state index contributed by atoms with van der Waals surface area (Å²) in [7, 11) is 4.20. The monoisotopic (exact) mass is 412 g/mol. The largest absolute Gasteiger partial charge is 0.493 e. The Hall–Kier alpha value is -3.39. The predicted octanol–water partition coefficient (Wildman–Crippen LogP) is 3.80. The van der Waals surface area contributed by atoms with Crippen LogP contribution in [-0.4, -0.2) is 38.2 Å². The van der Waals surface area contributed by atoms with Crippen LogP contribution in [0, 0.1) is 0 Å². The average Bonchev–Trinajstić information content (AvgIpc) is 3.21. The van der Waals surface area contributed by atoms with E-state index in [-0.39, 0.29) is 23.6 Å². The lowest BCUT2D eigenvalue weighted by atomic mass is 10.1. The highest BCUT2D eigenvalue weighted by Crippen LogP contribution is 2.34. The first-order chi connectivity index (χ1) is 14.0. The maximum absolute atomic E-state index is 12.6. The number of ether oxygens (including phenoxy) is 3. The highest BCUT2D eigenvalue weighted by molar-refractivity contribution is 7.13. The van der Waals surface area contributed by atoms with Gasteiger partial charge >= 0.3 is 5.97 Å². The molecule has 3 rings (SSSR count). The minimum absolute atomic E-state index is 0.0677. The van der Waals surface area contributed by atoms with Gasteiger partial charge in [0.2, 0.25) is 5.91 Å². The van der Waals surface area contributed by atoms with Crippen molar-refractivity contribution in [1.82, 2.24) is 4.98 Å². The van der Waals surface area contributed by atoms with Gasteiger partial charge in [-0.2, -0.15) is 0 Å². The van der Waals surface area contributed by atoms with Crippen molar-refractivity contribution in [2.75, 3.05) is 26.6 Å². The van der Waals surface area contributed by atoms with E-state index < -0.39 is 5.97 Å². The summed E-state index contributed by atoms with van der Waals surface area (Å²) in [5.41, 5.74) is 2.09. The fourth-order valence-electron chi connectivity index (χ4n) is 2.72. The van der Waals surface area contributed by atoms with Crippen molar-refractivity contribution in [1.29, 1.82) is 0 Å². The van der Waals surface area contributed by atoms with Gasteiger partial charge in [-0.05, 0) is 0 Å². The Morgan fingerprint density at radius 3 is 2.38 bits per heavy atom. The van der Waals surface area contributed by atoms with E-state index in [1.165, 1.54) is 44.8 Å². The van der Waals surface area contributed by atoms with Crippen LogP contribution in [0.3, 0.4) is 0 Å². The molecule has 0 unspecified atom stereocenters. The second kappa shape index (κ2) is 9.20. The van der Waals surface area contributed by atoms with Crippen LogP contribution >= 0.6 is 11.3 Å². The fourth-order valence-corrected chi connectivity index (χ4v) is 3.55. The van der Waals surface area contributed by atoms with Gasteiger partial charge in [0.15, 0.2) is 11.5 Å². The van der Waals surface area contributed by atoms with Gasteiger partial charge in [0.05, 0.1) is 44.7 Å². The zero-order chi connectivity index (χ0) is 20.8. The van der Waals surface area contributed by atoms with Gasteiger partial charge < -0.3 is 19.5 Å². The molecule has 0 radical (unpaired) electrons. The number of anilines is 1. The van der Waals surface area contributed by atoms with Gasteiger partial charge in [-0.15, -0.1) is 11.3 Å². The second-order valence-electron chi connectivity index (χ2n) is 5.98. The van der Waals surface area contributed by atoms with Crippen LogP contribution in [0.5, 0.6) is 11.5 Å². The molecule has 0 atom stereocenters. The quantitative estimate of drug-likeness (QED) is 0.594. The molecule has 2 aromatic carbocycles. The van der Waals surface area contributed by atoms with E-state index in [1.807, 2.05) is 35.7 Å². The van der Waals surface area contributed by atoms with Crippen molar-refractivity contribution < 1.29 is 23.8 Å². The second-order valence-corrected chi connectivity index (χ2v) is 6.84. The number of esters is 1. The van der Waals surface area contributed by atoms with Gasteiger partial charge in [-0.25, -0.2) is 9.78 Å². The number of carbonyl (C=O) groups is 2. The molecule has 1 amide bonds. The highest BCUT2D eigenvalue weighted by atomic mass is 32.1. The SMILES string of the molecule is COC(=O)c1cc(OC)c(OC)cc1NC(=O)Cc1csc(-c2ccccc2)n1. The molecule has 29 heavy (non-hydrogen) atoms. The van der Waals surface area contributed by atoms with Crippen LogP contribution in [-0.2, 0) is 16.0 Å². The van der Waals surface area contributed by atoms with Crippen molar-refractivity contribution in [3.8, 4) is 22.1 Å². The van der Waals surface area contributed by atoms with E-state index in [0.717, 1.165) is 10.6 Å². The van der Waals surface area contributed by atoms with Crippen LogP contribution in [0.15, 0.2) is 47.8 Å². The third-order valence-corrected chi connectivity index (χ3v) is 5.06. The molecule has 0 bridgehead atoms. The van der Waals surface area contributed by atoms with Gasteiger partial charge in [-0.3, -0.25) is 4.79 Å². The minimum atomic E-state index is -0.596. The molecule has 0 saturated carbocycles. The van der Waals surface area contributed by atoms with E-state index in [2.05, 4.69) is 10.3 Å². The lowest BCUT2D eigenvalue weighted by molar-refractivity contribution is -0.115. The van der Waals surface area contributed by atoms with E-state index in [1.54, 1.807) is 0 Å². The molecule has 0 saturated heterocycles. The molecule has 3 aromatic rings. The van der Waals surface area contributed by atoms with Crippen LogP contribution in [0.1, 0.15) is 16.1 Å². The summed E-state index contributed by atoms with van der Waals surface area (Å²) in [6.45, 7) is 0. The van der Waals surface area contributed by atoms with Crippen LogP contribution in [0.4, 0.5) is 5.69 Å². The van der Waals surface area contributed by atoms with Crippen LogP contribution in [0.2, 0.25) is 0 Å². The van der Waals surface area contributed by atoms with Crippen LogP contribution in [0.25, 0.3) is 10.6 Å². The number of amides is 1. The zero-order valence-corrected chi connectivity index (χ0v) is 17.0. The number of aromatic nitrogens is 1. The number of methoxy groups -OCH3 is 3. The van der Waals surface area contributed by atoms with E-state index >= 15 is 0 Å². The van der Waals surface area contributed by atoms with Crippen molar-refractivity contribution in [3.63, 3.8) is 0 Å². The lowest BCUT2D eigenvalue weighted by Crippen LogP contribution is -2.17. The molecule has 150 valence electrons. The maximum Gasteiger partial charge on any atom is 0.340 e. The van der Waals surface area contributed by atoms with Gasteiger partial charge in [0.25, 0.3) is 0 Å². The molecule has 1 N–H and O–H groups in total. The topological polar surface area (TPSA) is 86.8 Å². The lowest BCUT2D eigenvalue weighted by Gasteiger charge is -2.14. The number of nitrogens with zero attached hydrogens (tertiary/aromatic N) is 1. The Labute approximate surface area is 172 Å². The first-order valence-electron chi connectivity index (χ1n) is 8.69. The summed E-state index contributed by atoms with van der Waals surface area (Å²) < 4.78 is 15.3. The Morgan fingerprint density at radius 1 is 1.03 bits per heavy atom. The third kappa shape index (κ3) is 4.72. The summed E-state index contributed by atoms with van der Waals surface area (Å²) in [6, 6.07) is 12.7. The standard InChI is InChI=1S/C21H20N2O5S/c1-26-17-10-15(21(25)28-3)16(11-18(17)27-2)23-19(24)9-14-12-29-20(22-14)13-7-5-4-6-8-13/h4-8,10-12H,9H2,1-3H3,(H,23,24). The van der Waals surface area contributed by atoms with Gasteiger partial charge in [0.1, 0.15) is 5.01 Å². The summed E-state index contributed by atoms with van der Waals surface area (Å²) in [4.78, 5) is 29.2. The van der Waals surface area contributed by atoms with Crippen LogP contribution < -0.4 is 14.8 Å². The first-order valence-corrected chi connectivity index (χ1v) is 9.57. The smallest absolute Gasteiger partial charge is 0.340 e. The van der Waals surface area contributed by atoms with Crippen molar-refractivity contribution in [2.24, 2.45) is 0 Å². The normalized spacial score (nSPS) is 10.3. The predicted molar refractivity (Wildman–Crippen MR) is 111 cm³/mol. The zero-order valence-electron chi connectivity index (χ0n) is 16.2. The molecular weight excluding hydrogens is 392 g/mol. The van der Waals surface area contributed by atoms with E-state index in [9.17, 15) is 9.59 Å². The molecule has 0 aliphatic heterocycles. The molecule has 8 heteroatoms. The number of hydrogen-bond acceptors (Lipinski definition) is 7. The molecule has 7 nitrogen and oxygen atoms in total. The molecule has 0 fully saturated rings. The number of rotatable bonds is 7. The summed E-state index contributed by atoms with van der Waals surface area (Å²) in [6.07, 6.45) is 0.0677. The number of hydrogen-bond donors (Lipinski definition) is 1. The molecule has 0 spiro atoms. The minimum Gasteiger partial charge on any atom is -0.493 e. The molecular formula is C21H20N2O5S.